The second kappa shape index (κ2) is 47.1. The van der Waals surface area contributed by atoms with E-state index < -0.39 is 18.1 Å². The van der Waals surface area contributed by atoms with Gasteiger partial charge in [-0.3, -0.25) is 67.3 Å². The molecule has 4 atom stereocenters. The molecular formula is C105H122Cl4N26O5S4. The van der Waals surface area contributed by atoms with Gasteiger partial charge in [0.05, 0.1) is 55.3 Å². The number of aliphatic imine (C=N–C) groups is 4. The van der Waals surface area contributed by atoms with Crippen LogP contribution in [0.3, 0.4) is 0 Å². The Kier molecular flexibility index (Phi) is 34.1. The summed E-state index contributed by atoms with van der Waals surface area (Å²) in [6.45, 7) is 41.7. The Hall–Kier alpha value is -11.1. The number of aryl methyl sites for hydroxylation is 8. The lowest BCUT2D eigenvalue weighted by atomic mass is 9.99. The number of likely N-dealkylation sites (N-methyl/N-ethyl adjacent to an activating group) is 2. The number of benzene rings is 4. The number of fused-ring (bicyclic) bond motifs is 12. The highest BCUT2D eigenvalue weighted by atomic mass is 35.5. The van der Waals surface area contributed by atoms with E-state index in [0.29, 0.717) is 76.6 Å². The predicted molar refractivity (Wildman–Crippen MR) is 576 cm³/mol. The van der Waals surface area contributed by atoms with Gasteiger partial charge in [-0.2, -0.15) is 0 Å². The van der Waals surface area contributed by atoms with E-state index in [1.807, 2.05) is 143 Å². The molecule has 20 rings (SSSR count). The van der Waals surface area contributed by atoms with Crippen molar-refractivity contribution in [1.82, 2.24) is 110 Å². The van der Waals surface area contributed by atoms with Crippen LogP contribution in [0.15, 0.2) is 142 Å². The normalized spacial score (nSPS) is 17.3. The van der Waals surface area contributed by atoms with E-state index in [0.717, 1.165) is 233 Å². The molecule has 9 aromatic heterocycles. The molecule has 754 valence electrons. The number of carbonyl (C=O) groups is 4. The van der Waals surface area contributed by atoms with Gasteiger partial charge in [0.15, 0.2) is 23.3 Å². The molecule has 16 heterocycles. The summed E-state index contributed by atoms with van der Waals surface area (Å²) in [5.41, 5.74) is 17.4. The first-order valence-corrected chi connectivity index (χ1v) is 53.8. The topological polar surface area (TPSA) is 327 Å². The Morgan fingerprint density at radius 3 is 1.03 bits per heavy atom. The maximum absolute atomic E-state index is 13.1. The molecule has 0 saturated carbocycles. The molecule has 7 aliphatic rings. The van der Waals surface area contributed by atoms with Crippen molar-refractivity contribution < 1.29 is 23.9 Å². The quantitative estimate of drug-likeness (QED) is 0.0366. The molecule has 13 aromatic rings. The summed E-state index contributed by atoms with van der Waals surface area (Å²) in [6, 6.07) is 33.1. The van der Waals surface area contributed by atoms with E-state index in [1.54, 1.807) is 51.5 Å². The zero-order valence-corrected chi connectivity index (χ0v) is 90.1. The van der Waals surface area contributed by atoms with Gasteiger partial charge in [-0.1, -0.05) is 101 Å². The molecule has 0 spiro atoms. The smallest absolute Gasteiger partial charge is 0.222 e. The van der Waals surface area contributed by atoms with Crippen LogP contribution in [0.4, 0.5) is 0 Å². The molecule has 4 unspecified atom stereocenters. The van der Waals surface area contributed by atoms with Crippen molar-refractivity contribution in [3.63, 3.8) is 0 Å². The van der Waals surface area contributed by atoms with Gasteiger partial charge in [-0.05, 0) is 212 Å². The van der Waals surface area contributed by atoms with Gasteiger partial charge in [0, 0.05) is 201 Å². The number of aromatic nitrogens is 13. The van der Waals surface area contributed by atoms with Crippen LogP contribution >= 0.6 is 91.8 Å². The minimum atomic E-state index is -0.473. The lowest BCUT2D eigenvalue weighted by Gasteiger charge is -2.32. The van der Waals surface area contributed by atoms with Crippen LogP contribution in [0.2, 0.25) is 20.1 Å². The molecule has 31 nitrogen and oxygen atoms in total. The molecular weight excluding hydrogens is 1980 g/mol. The summed E-state index contributed by atoms with van der Waals surface area (Å²) in [7, 11) is 4.32. The molecule has 4 aromatic carbocycles. The van der Waals surface area contributed by atoms with Gasteiger partial charge in [-0.15, -0.1) is 86.1 Å². The molecule has 7 aliphatic heterocycles. The van der Waals surface area contributed by atoms with Gasteiger partial charge in [0.1, 0.15) is 67.5 Å². The number of rotatable bonds is 26. The number of nitrogens with zero attached hydrogens (tertiary/aromatic N) is 22. The van der Waals surface area contributed by atoms with Crippen molar-refractivity contribution in [3.8, 4) is 20.0 Å². The summed E-state index contributed by atoms with van der Waals surface area (Å²) in [6.07, 6.45) is 7.16. The zero-order valence-electron chi connectivity index (χ0n) is 83.8. The molecule has 0 aliphatic carbocycles. The molecule has 3 saturated heterocycles. The van der Waals surface area contributed by atoms with Crippen molar-refractivity contribution in [2.75, 3.05) is 139 Å². The number of amides is 4. The van der Waals surface area contributed by atoms with Crippen LogP contribution in [-0.2, 0) is 30.3 Å². The van der Waals surface area contributed by atoms with Crippen LogP contribution in [0, 0.1) is 83.1 Å². The van der Waals surface area contributed by atoms with Crippen molar-refractivity contribution in [2.45, 2.75) is 152 Å². The fourth-order valence-electron chi connectivity index (χ4n) is 18.8. The van der Waals surface area contributed by atoms with Crippen molar-refractivity contribution in [3.05, 3.63) is 280 Å². The SMILES string of the molecule is Cc1sc2c(c1C)C(c1ccc(Cl)cc1)=NC(CC(=O)NCCCN1CCN(C)CC1)c1nnc(C)n1-2.Cc1sc2c(c1C)C(c1ccc(Cl)cc1)=NC(CC(=O)NCCN1CCOCC1)c1nnc(C)n1-2.Cc1sc2c(c1C)C(c1ccc(Cl)cc1)=NC(CC(=O)NCCc1cccnc1)c1nnc(C)n1-2.Cc1sc2c(c1C)C(c1ccc(Cl)cc1)=NC(CNC(=O)CCCN1CCN(C)CC1)c1nnc(C)n1-2. The van der Waals surface area contributed by atoms with Crippen molar-refractivity contribution >= 4 is 138 Å². The Bertz CT molecular complexity index is 6910. The summed E-state index contributed by atoms with van der Waals surface area (Å²) in [5.74, 6) is 5.89. The fourth-order valence-corrected chi connectivity index (χ4v) is 24.1. The molecule has 0 bridgehead atoms. The maximum Gasteiger partial charge on any atom is 0.222 e. The van der Waals surface area contributed by atoms with E-state index >= 15 is 0 Å². The number of morpholine rings is 1. The molecule has 144 heavy (non-hydrogen) atoms. The van der Waals surface area contributed by atoms with Gasteiger partial charge >= 0.3 is 0 Å². The summed E-state index contributed by atoms with van der Waals surface area (Å²) >= 11 is 31.6. The van der Waals surface area contributed by atoms with Crippen molar-refractivity contribution in [2.24, 2.45) is 20.0 Å². The van der Waals surface area contributed by atoms with Crippen LogP contribution < -0.4 is 21.3 Å². The molecule has 0 radical (unpaired) electrons. The van der Waals surface area contributed by atoms with Crippen molar-refractivity contribution in [1.29, 1.82) is 0 Å². The highest BCUT2D eigenvalue weighted by molar-refractivity contribution is 7.16. The van der Waals surface area contributed by atoms with Gasteiger partial charge in [0.25, 0.3) is 0 Å². The Morgan fingerprint density at radius 1 is 0.361 bits per heavy atom. The molecule has 4 N–H and O–H groups in total. The third kappa shape index (κ3) is 24.1. The molecule has 3 fully saturated rings. The lowest BCUT2D eigenvalue weighted by molar-refractivity contribution is -0.122. The number of ether oxygens (including phenoxy) is 1. The molecule has 4 amide bonds. The Labute approximate surface area is 876 Å². The van der Waals surface area contributed by atoms with Crippen LogP contribution in [-0.4, -0.2) is 274 Å². The number of thiophene rings is 4. The minimum Gasteiger partial charge on any atom is -0.379 e. The molecule has 39 heteroatoms. The van der Waals surface area contributed by atoms with E-state index in [2.05, 4.69) is 179 Å². The third-order valence-electron chi connectivity index (χ3n) is 27.4. The number of piperazine rings is 2. The Morgan fingerprint density at radius 2 is 0.681 bits per heavy atom. The highest BCUT2D eigenvalue weighted by Gasteiger charge is 2.39. The largest absolute Gasteiger partial charge is 0.379 e. The minimum absolute atomic E-state index is 0.0204. The second-order valence-corrected chi connectivity index (χ2v) is 44.0. The number of carbonyl (C=O) groups excluding carboxylic acids is 4. The standard InChI is InChI=1S/2C27H34ClN7OS.C26H25ClN6OS.C25H29ClN6O2S/c1-17-18(2)37-27-24(17)25(20-6-8-21(28)9-7-20)30-22(26-32-31-19(3)35(26)27)16-23(36)29-10-5-11-34-14-12-33(4)13-15-34;1-17-18(2)37-27-24(17)25(20-7-9-21(28)10-8-20)30-22(26-32-31-19(3)35(26)27)16-29-23(36)6-5-11-34-14-12-33(4)13-15-34;1-15-16(2)35-26-23(15)24(19-6-8-20(27)9-7-19)30-21(25-32-31-17(3)33(25)26)13-22(34)29-12-10-18-5-4-11-28-14-18;1-15-16(2)35-25-22(15)23(18-4-6-19(26)7-5-18)28-20(24-30-29-17(3)32(24)25)14-21(33)27-8-9-31-10-12-34-13-11-31/h6-9,22H,5,10-16H2,1-4H3,(H,29,36);7-10,22H,5-6,11-16H2,1-4H3,(H,29,36);4-9,11,14,21H,10,12-13H2,1-3H3,(H,29,34);4-7,20H,8-14H2,1-3H3,(H,27,33). The zero-order chi connectivity index (χ0) is 101. The number of nitrogens with one attached hydrogen (secondary N) is 4. The first-order valence-electron chi connectivity index (χ1n) is 49.0. The number of hydrogen-bond acceptors (Lipinski definition) is 27. The second-order valence-electron chi connectivity index (χ2n) is 37.4. The number of halogens is 4. The van der Waals surface area contributed by atoms with Gasteiger partial charge in [0.2, 0.25) is 23.6 Å². The van der Waals surface area contributed by atoms with Crippen LogP contribution in [0.1, 0.15) is 201 Å². The highest BCUT2D eigenvalue weighted by Crippen LogP contribution is 2.46. The average molecular weight is 2100 g/mol. The average Bonchev–Trinajstić information content (AvgIpc) is 1.60. The number of hydrogen-bond donors (Lipinski definition) is 4. The van der Waals surface area contributed by atoms with E-state index in [4.69, 9.17) is 71.1 Å². The van der Waals surface area contributed by atoms with E-state index in [9.17, 15) is 19.2 Å². The van der Waals surface area contributed by atoms with E-state index in [-0.39, 0.29) is 48.9 Å². The summed E-state index contributed by atoms with van der Waals surface area (Å²) in [5, 5.41) is 54.6. The maximum atomic E-state index is 13.1. The van der Waals surface area contributed by atoms with Gasteiger partial charge in [-0.25, -0.2) is 0 Å². The fraction of sp³-hybridized carbons (Fsp3) is 0.419. The number of pyridine rings is 1. The first kappa shape index (κ1) is 104. The first-order chi connectivity index (χ1) is 69.5. The van der Waals surface area contributed by atoms with Crippen LogP contribution in [0.25, 0.3) is 20.0 Å². The van der Waals surface area contributed by atoms with E-state index in [1.165, 1.54) is 41.8 Å². The monoisotopic (exact) mass is 2090 g/mol. The van der Waals surface area contributed by atoms with Gasteiger partial charge < -0.3 is 45.6 Å². The summed E-state index contributed by atoms with van der Waals surface area (Å²) < 4.78 is 13.7. The Balaban J connectivity index is 0.000000132. The summed E-state index contributed by atoms with van der Waals surface area (Å²) in [4.78, 5) is 93.5. The third-order valence-corrected chi connectivity index (χ3v) is 33.2. The lowest BCUT2D eigenvalue weighted by Crippen LogP contribution is -2.45. The predicted octanol–water partition coefficient (Wildman–Crippen LogP) is 16.5. The van der Waals surface area contributed by atoms with Crippen LogP contribution in [0.5, 0.6) is 0 Å².